The van der Waals surface area contributed by atoms with E-state index in [4.69, 9.17) is 5.73 Å². The van der Waals surface area contributed by atoms with Crippen LogP contribution in [0.1, 0.15) is 17.4 Å². The fraction of sp³-hybridized carbons (Fsp3) is 0.600. The summed E-state index contributed by atoms with van der Waals surface area (Å²) in [6.45, 7) is 3.26. The zero-order valence-corrected chi connectivity index (χ0v) is 9.47. The molecule has 1 aromatic rings. The summed E-state index contributed by atoms with van der Waals surface area (Å²) in [6.07, 6.45) is 1.76. The molecule has 5 nitrogen and oxygen atoms in total. The molecule has 0 saturated carbocycles. The van der Waals surface area contributed by atoms with Gasteiger partial charge in [0.2, 0.25) is 0 Å². The number of hydrogen-bond acceptors (Lipinski definition) is 3. The molecule has 0 radical (unpaired) electrons. The van der Waals surface area contributed by atoms with Crippen molar-refractivity contribution in [2.45, 2.75) is 6.92 Å². The molecule has 1 amide bonds. The van der Waals surface area contributed by atoms with Gasteiger partial charge < -0.3 is 10.6 Å². The number of carbonyl (C=O) groups is 1. The van der Waals surface area contributed by atoms with Crippen LogP contribution in [0.3, 0.4) is 0 Å². The Balaban J connectivity index is 2.60. The minimum absolute atomic E-state index is 0.0594. The molecule has 84 valence electrons. The van der Waals surface area contributed by atoms with Crippen molar-refractivity contribution in [2.75, 3.05) is 20.1 Å². The molecule has 0 aliphatic rings. The Hall–Kier alpha value is -1.36. The van der Waals surface area contributed by atoms with Gasteiger partial charge in [0.25, 0.3) is 5.91 Å². The Bertz CT molecular complexity index is 334. The molecule has 0 aliphatic carbocycles. The second-order valence-electron chi connectivity index (χ2n) is 3.90. The van der Waals surface area contributed by atoms with Gasteiger partial charge in [-0.2, -0.15) is 5.10 Å². The maximum Gasteiger partial charge on any atom is 0.274 e. The standard InChI is InChI=1S/C10H18N4O/c1-8(6-11)7-13(2)10(15)9-4-5-14(3)12-9/h4-5,8H,6-7,11H2,1-3H3. The topological polar surface area (TPSA) is 64.2 Å². The van der Waals surface area contributed by atoms with Crippen molar-refractivity contribution in [2.24, 2.45) is 18.7 Å². The zero-order chi connectivity index (χ0) is 11.4. The summed E-state index contributed by atoms with van der Waals surface area (Å²) >= 11 is 0. The van der Waals surface area contributed by atoms with Gasteiger partial charge in [0, 0.05) is 26.8 Å². The Labute approximate surface area is 89.9 Å². The Morgan fingerprint density at radius 3 is 2.87 bits per heavy atom. The SMILES string of the molecule is CC(CN)CN(C)C(=O)c1ccn(C)n1. The summed E-state index contributed by atoms with van der Waals surface area (Å²) < 4.78 is 1.62. The van der Waals surface area contributed by atoms with Crippen LogP contribution >= 0.6 is 0 Å². The molecule has 15 heavy (non-hydrogen) atoms. The predicted molar refractivity (Wildman–Crippen MR) is 58.4 cm³/mol. The first-order valence-electron chi connectivity index (χ1n) is 4.99. The third kappa shape index (κ3) is 3.06. The van der Waals surface area contributed by atoms with Crippen LogP contribution in [0.25, 0.3) is 0 Å². The molecule has 0 bridgehead atoms. The average molecular weight is 210 g/mol. The van der Waals surface area contributed by atoms with Gasteiger partial charge in [-0.25, -0.2) is 0 Å². The molecule has 0 fully saturated rings. The van der Waals surface area contributed by atoms with Crippen LogP contribution in [0.4, 0.5) is 0 Å². The average Bonchev–Trinajstić information content (AvgIpc) is 2.63. The molecular formula is C10H18N4O. The summed E-state index contributed by atoms with van der Waals surface area (Å²) in [6, 6.07) is 1.71. The Morgan fingerprint density at radius 1 is 1.73 bits per heavy atom. The maximum absolute atomic E-state index is 11.8. The van der Waals surface area contributed by atoms with E-state index in [1.807, 2.05) is 6.92 Å². The molecule has 2 N–H and O–H groups in total. The molecule has 0 saturated heterocycles. The van der Waals surface area contributed by atoms with Crippen molar-refractivity contribution >= 4 is 5.91 Å². The molecule has 5 heteroatoms. The summed E-state index contributed by atoms with van der Waals surface area (Å²) in [4.78, 5) is 13.5. The lowest BCUT2D eigenvalue weighted by molar-refractivity contribution is 0.0771. The lowest BCUT2D eigenvalue weighted by atomic mass is 10.2. The van der Waals surface area contributed by atoms with Crippen molar-refractivity contribution in [3.63, 3.8) is 0 Å². The second kappa shape index (κ2) is 4.93. The molecule has 1 heterocycles. The fourth-order valence-electron chi connectivity index (χ4n) is 1.35. The van der Waals surface area contributed by atoms with Crippen molar-refractivity contribution in [3.05, 3.63) is 18.0 Å². The van der Waals surface area contributed by atoms with Crippen LogP contribution in [0.15, 0.2) is 12.3 Å². The van der Waals surface area contributed by atoms with E-state index >= 15 is 0 Å². The zero-order valence-electron chi connectivity index (χ0n) is 9.47. The Morgan fingerprint density at radius 2 is 2.40 bits per heavy atom. The van der Waals surface area contributed by atoms with Gasteiger partial charge in [0.1, 0.15) is 5.69 Å². The fourth-order valence-corrected chi connectivity index (χ4v) is 1.35. The minimum atomic E-state index is -0.0594. The minimum Gasteiger partial charge on any atom is -0.340 e. The van der Waals surface area contributed by atoms with Crippen molar-refractivity contribution in [3.8, 4) is 0 Å². The van der Waals surface area contributed by atoms with E-state index in [-0.39, 0.29) is 5.91 Å². The van der Waals surface area contributed by atoms with Crippen LogP contribution in [-0.2, 0) is 7.05 Å². The second-order valence-corrected chi connectivity index (χ2v) is 3.90. The molecule has 0 aromatic carbocycles. The van der Waals surface area contributed by atoms with Gasteiger partial charge >= 0.3 is 0 Å². The summed E-state index contributed by atoms with van der Waals surface area (Å²) in [7, 11) is 3.56. The van der Waals surface area contributed by atoms with E-state index in [9.17, 15) is 4.79 Å². The molecule has 0 spiro atoms. The number of nitrogens with two attached hydrogens (primary N) is 1. The highest BCUT2D eigenvalue weighted by Crippen LogP contribution is 2.02. The van der Waals surface area contributed by atoms with Crippen LogP contribution in [0.5, 0.6) is 0 Å². The molecule has 1 atom stereocenters. The normalized spacial score (nSPS) is 12.5. The van der Waals surface area contributed by atoms with Crippen LogP contribution in [-0.4, -0.2) is 40.7 Å². The number of carbonyl (C=O) groups excluding carboxylic acids is 1. The van der Waals surface area contributed by atoms with Crippen LogP contribution in [0.2, 0.25) is 0 Å². The molecule has 1 unspecified atom stereocenters. The van der Waals surface area contributed by atoms with E-state index < -0.39 is 0 Å². The predicted octanol–water partition coefficient (Wildman–Crippen LogP) is 0.0869. The number of nitrogens with zero attached hydrogens (tertiary/aromatic N) is 3. The number of hydrogen-bond donors (Lipinski definition) is 1. The number of aromatic nitrogens is 2. The number of amides is 1. The van der Waals surface area contributed by atoms with Gasteiger partial charge in [-0.15, -0.1) is 0 Å². The third-order valence-corrected chi connectivity index (χ3v) is 2.27. The number of aryl methyl sites for hydroxylation is 1. The maximum atomic E-state index is 11.8. The lowest BCUT2D eigenvalue weighted by Crippen LogP contribution is -2.33. The quantitative estimate of drug-likeness (QED) is 0.766. The molecular weight excluding hydrogens is 192 g/mol. The van der Waals surface area contributed by atoms with Gasteiger partial charge in [-0.1, -0.05) is 6.92 Å². The highest BCUT2D eigenvalue weighted by Gasteiger charge is 2.15. The van der Waals surface area contributed by atoms with E-state index in [1.165, 1.54) is 0 Å². The first kappa shape index (κ1) is 11.7. The first-order chi connectivity index (χ1) is 7.04. The van der Waals surface area contributed by atoms with Gasteiger partial charge in [-0.3, -0.25) is 9.48 Å². The van der Waals surface area contributed by atoms with E-state index in [0.717, 1.165) is 0 Å². The molecule has 0 aliphatic heterocycles. The van der Waals surface area contributed by atoms with E-state index in [1.54, 1.807) is 35.9 Å². The lowest BCUT2D eigenvalue weighted by Gasteiger charge is -2.19. The van der Waals surface area contributed by atoms with Crippen molar-refractivity contribution < 1.29 is 4.79 Å². The monoisotopic (exact) mass is 210 g/mol. The third-order valence-electron chi connectivity index (χ3n) is 2.27. The van der Waals surface area contributed by atoms with Crippen LogP contribution in [0, 0.1) is 5.92 Å². The smallest absolute Gasteiger partial charge is 0.274 e. The van der Waals surface area contributed by atoms with Gasteiger partial charge in [0.15, 0.2) is 0 Å². The van der Waals surface area contributed by atoms with Crippen molar-refractivity contribution in [1.82, 2.24) is 14.7 Å². The first-order valence-corrected chi connectivity index (χ1v) is 4.99. The highest BCUT2D eigenvalue weighted by molar-refractivity contribution is 5.91. The summed E-state index contributed by atoms with van der Waals surface area (Å²) in [5.74, 6) is 0.249. The van der Waals surface area contributed by atoms with Gasteiger partial charge in [-0.05, 0) is 18.5 Å². The highest BCUT2D eigenvalue weighted by atomic mass is 16.2. The van der Waals surface area contributed by atoms with Crippen LogP contribution < -0.4 is 5.73 Å². The summed E-state index contributed by atoms with van der Waals surface area (Å²) in [5.41, 5.74) is 5.98. The van der Waals surface area contributed by atoms with E-state index in [0.29, 0.717) is 24.7 Å². The Kier molecular flexibility index (Phi) is 3.85. The summed E-state index contributed by atoms with van der Waals surface area (Å²) in [5, 5.41) is 4.06. The molecule has 1 rings (SSSR count). The largest absolute Gasteiger partial charge is 0.340 e. The van der Waals surface area contributed by atoms with Gasteiger partial charge in [0.05, 0.1) is 0 Å². The number of rotatable bonds is 4. The molecule has 1 aromatic heterocycles. The van der Waals surface area contributed by atoms with Crippen molar-refractivity contribution in [1.29, 1.82) is 0 Å². The van der Waals surface area contributed by atoms with E-state index in [2.05, 4.69) is 5.10 Å².